The van der Waals surface area contributed by atoms with Crippen molar-refractivity contribution >= 4 is 28.1 Å². The minimum absolute atomic E-state index is 0.121. The molecule has 5 rings (SSSR count). The molecule has 2 unspecified atom stereocenters. The highest BCUT2D eigenvalue weighted by atomic mass is 16.4. The van der Waals surface area contributed by atoms with Crippen LogP contribution < -0.4 is 16.0 Å². The Morgan fingerprint density at radius 1 is 1.24 bits per heavy atom. The number of para-hydroxylation sites is 1. The molecule has 1 fully saturated rings. The average molecular weight is 457 g/mol. The van der Waals surface area contributed by atoms with Gasteiger partial charge in [-0.05, 0) is 48.1 Å². The van der Waals surface area contributed by atoms with Crippen LogP contribution in [0.25, 0.3) is 16.5 Å². The van der Waals surface area contributed by atoms with E-state index in [-0.39, 0.29) is 11.8 Å². The van der Waals surface area contributed by atoms with Crippen LogP contribution in [0.4, 0.5) is 5.82 Å². The first kappa shape index (κ1) is 22.2. The Labute approximate surface area is 200 Å². The summed E-state index contributed by atoms with van der Waals surface area (Å²) >= 11 is 0. The molecular formula is C27H32N6O. The first-order chi connectivity index (χ1) is 16.7. The van der Waals surface area contributed by atoms with Crippen LogP contribution in [0.2, 0.25) is 0 Å². The average Bonchev–Trinajstić information content (AvgIpc) is 3.22. The normalized spacial score (nSPS) is 21.5. The maximum absolute atomic E-state index is 9.40. The van der Waals surface area contributed by atoms with Crippen LogP contribution >= 0.6 is 0 Å². The molecule has 5 N–H and O–H groups in total. The van der Waals surface area contributed by atoms with Crippen LogP contribution in [-0.4, -0.2) is 47.2 Å². The maximum Gasteiger partial charge on any atom is 0.173 e. The first-order valence-electron chi connectivity index (χ1n) is 12.1. The fraction of sp³-hybridized carbons (Fsp3) is 0.333. The summed E-state index contributed by atoms with van der Waals surface area (Å²) in [5.74, 6) is 1.75. The minimum Gasteiger partial charge on any atom is -0.409 e. The molecule has 176 valence electrons. The van der Waals surface area contributed by atoms with Crippen molar-refractivity contribution in [2.75, 3.05) is 31.1 Å². The van der Waals surface area contributed by atoms with E-state index in [1.165, 1.54) is 5.56 Å². The van der Waals surface area contributed by atoms with Gasteiger partial charge in [-0.3, -0.25) is 4.98 Å². The van der Waals surface area contributed by atoms with Gasteiger partial charge in [-0.1, -0.05) is 48.5 Å². The number of benzene rings is 1. The van der Waals surface area contributed by atoms with E-state index in [0.717, 1.165) is 72.6 Å². The molecule has 2 aliphatic rings. The Morgan fingerprint density at radius 2 is 2.06 bits per heavy atom. The van der Waals surface area contributed by atoms with E-state index < -0.39 is 0 Å². The molecular weight excluding hydrogens is 424 g/mol. The highest BCUT2D eigenvalue weighted by Crippen LogP contribution is 2.36. The number of oxime groups is 1. The summed E-state index contributed by atoms with van der Waals surface area (Å²) in [6.07, 6.45) is 11.0. The molecule has 3 heterocycles. The van der Waals surface area contributed by atoms with Crippen molar-refractivity contribution in [3.8, 4) is 0 Å². The topological polar surface area (TPSA) is 103 Å². The Kier molecular flexibility index (Phi) is 6.36. The summed E-state index contributed by atoms with van der Waals surface area (Å²) in [6.45, 7) is 5.78. The van der Waals surface area contributed by atoms with Crippen LogP contribution in [0.3, 0.4) is 0 Å². The molecule has 1 aliphatic heterocycles. The van der Waals surface area contributed by atoms with Crippen molar-refractivity contribution < 1.29 is 5.21 Å². The van der Waals surface area contributed by atoms with Crippen molar-refractivity contribution in [1.29, 1.82) is 0 Å². The number of piperazine rings is 1. The summed E-state index contributed by atoms with van der Waals surface area (Å²) in [4.78, 5) is 10.6. The van der Waals surface area contributed by atoms with Crippen molar-refractivity contribution in [2.24, 2.45) is 16.8 Å². The number of amidine groups is 1. The summed E-state index contributed by atoms with van der Waals surface area (Å²) in [5.41, 5.74) is 11.1. The lowest BCUT2D eigenvalue weighted by atomic mass is 9.88. The monoisotopic (exact) mass is 456 g/mol. The number of nitrogens with two attached hydrogens (primary N) is 1. The standard InChI is InChI=1S/C27H32N6O/c1-2-18-7-8-20(14-21(13-18)22-15-19-5-3-4-6-24(19)30-17-22)25-16-23(26(28)32-34)27(31-25)33-11-9-29-10-12-33/h3-8,14-18,21,29,31,34H,2,9-13H2,1H3,(H2,28,32). The van der Waals surface area contributed by atoms with Gasteiger partial charge < -0.3 is 26.1 Å². The third kappa shape index (κ3) is 4.43. The van der Waals surface area contributed by atoms with Gasteiger partial charge >= 0.3 is 0 Å². The van der Waals surface area contributed by atoms with E-state index in [0.29, 0.717) is 5.92 Å². The molecule has 7 heteroatoms. The molecule has 0 radical (unpaired) electrons. The van der Waals surface area contributed by atoms with Gasteiger partial charge in [-0.2, -0.15) is 0 Å². The summed E-state index contributed by atoms with van der Waals surface area (Å²) in [7, 11) is 0. The van der Waals surface area contributed by atoms with Gasteiger partial charge in [0.1, 0.15) is 5.82 Å². The molecule has 7 nitrogen and oxygen atoms in total. The predicted octanol–water partition coefficient (Wildman–Crippen LogP) is 4.22. The van der Waals surface area contributed by atoms with Crippen molar-refractivity contribution in [1.82, 2.24) is 15.3 Å². The lowest BCUT2D eigenvalue weighted by Crippen LogP contribution is -2.44. The maximum atomic E-state index is 9.40. The van der Waals surface area contributed by atoms with Crippen LogP contribution in [-0.2, 0) is 0 Å². The Bertz CT molecular complexity index is 1250. The Morgan fingerprint density at radius 3 is 2.85 bits per heavy atom. The molecule has 34 heavy (non-hydrogen) atoms. The van der Waals surface area contributed by atoms with Crippen LogP contribution in [0, 0.1) is 5.92 Å². The molecule has 3 aromatic rings. The molecule has 1 aromatic carbocycles. The van der Waals surface area contributed by atoms with E-state index in [1.54, 1.807) is 0 Å². The first-order valence-corrected chi connectivity index (χ1v) is 12.1. The number of aromatic amines is 1. The number of nitrogens with one attached hydrogen (secondary N) is 2. The lowest BCUT2D eigenvalue weighted by Gasteiger charge is -2.29. The molecule has 0 amide bonds. The van der Waals surface area contributed by atoms with Crippen LogP contribution in [0.1, 0.15) is 42.5 Å². The number of allylic oxidation sites excluding steroid dienone is 4. The number of hydrogen-bond donors (Lipinski definition) is 4. The highest BCUT2D eigenvalue weighted by molar-refractivity contribution is 6.03. The molecule has 0 spiro atoms. The van der Waals surface area contributed by atoms with E-state index in [1.807, 2.05) is 18.3 Å². The summed E-state index contributed by atoms with van der Waals surface area (Å²) < 4.78 is 0. The Hall–Kier alpha value is -3.58. The SMILES string of the molecule is CCC1C=CC(c2cc(C(N)=NO)c(N3CCNCC3)[nH]2)=CC(c2cnc3ccccc3c2)C1. The fourth-order valence-corrected chi connectivity index (χ4v) is 4.98. The minimum atomic E-state index is 0.121. The molecule has 2 atom stereocenters. The second kappa shape index (κ2) is 9.73. The van der Waals surface area contributed by atoms with Gasteiger partial charge in [0.2, 0.25) is 0 Å². The van der Waals surface area contributed by atoms with Gasteiger partial charge in [0.05, 0.1) is 11.1 Å². The number of fused-ring (bicyclic) bond motifs is 1. The van der Waals surface area contributed by atoms with Gasteiger partial charge in [-0.15, -0.1) is 0 Å². The number of aromatic nitrogens is 2. The van der Waals surface area contributed by atoms with Gasteiger partial charge in [-0.25, -0.2) is 0 Å². The number of hydrogen-bond acceptors (Lipinski definition) is 5. The zero-order valence-electron chi connectivity index (χ0n) is 19.5. The zero-order valence-corrected chi connectivity index (χ0v) is 19.5. The van der Waals surface area contributed by atoms with Crippen molar-refractivity contribution in [2.45, 2.75) is 25.7 Å². The van der Waals surface area contributed by atoms with E-state index >= 15 is 0 Å². The van der Waals surface area contributed by atoms with Crippen LogP contribution in [0.15, 0.2) is 66.0 Å². The quantitative estimate of drug-likeness (QED) is 0.199. The molecule has 0 bridgehead atoms. The second-order valence-electron chi connectivity index (χ2n) is 9.12. The van der Waals surface area contributed by atoms with Crippen molar-refractivity contribution in [3.05, 3.63) is 77.6 Å². The van der Waals surface area contributed by atoms with Gasteiger partial charge in [0, 0.05) is 49.4 Å². The summed E-state index contributed by atoms with van der Waals surface area (Å²) in [6, 6.07) is 12.5. The molecule has 1 aliphatic carbocycles. The highest BCUT2D eigenvalue weighted by Gasteiger charge is 2.23. The molecule has 2 aromatic heterocycles. The van der Waals surface area contributed by atoms with Gasteiger partial charge in [0.15, 0.2) is 5.84 Å². The molecule has 0 saturated carbocycles. The number of pyridine rings is 1. The van der Waals surface area contributed by atoms with Crippen LogP contribution in [0.5, 0.6) is 0 Å². The zero-order chi connectivity index (χ0) is 23.5. The number of rotatable bonds is 5. The largest absolute Gasteiger partial charge is 0.409 e. The van der Waals surface area contributed by atoms with Crippen molar-refractivity contribution in [3.63, 3.8) is 0 Å². The number of anilines is 1. The fourth-order valence-electron chi connectivity index (χ4n) is 4.98. The second-order valence-corrected chi connectivity index (χ2v) is 9.12. The van der Waals surface area contributed by atoms with E-state index in [9.17, 15) is 5.21 Å². The third-order valence-corrected chi connectivity index (χ3v) is 6.97. The number of nitrogens with zero attached hydrogens (tertiary/aromatic N) is 3. The van der Waals surface area contributed by atoms with Gasteiger partial charge in [0.25, 0.3) is 0 Å². The van der Waals surface area contributed by atoms with E-state index in [2.05, 4.69) is 69.8 Å². The third-order valence-electron chi connectivity index (χ3n) is 6.97. The predicted molar refractivity (Wildman–Crippen MR) is 138 cm³/mol. The van der Waals surface area contributed by atoms with E-state index in [4.69, 9.17) is 10.7 Å². The molecule has 1 saturated heterocycles. The smallest absolute Gasteiger partial charge is 0.173 e. The summed E-state index contributed by atoms with van der Waals surface area (Å²) in [5, 5.41) is 17.2. The lowest BCUT2D eigenvalue weighted by molar-refractivity contribution is 0.318. The number of H-pyrrole nitrogens is 1. The Balaban J connectivity index is 1.56.